The molecule has 0 aromatic heterocycles. The number of para-hydroxylation sites is 1. The number of ether oxygens (including phenoxy) is 1. The van der Waals surface area contributed by atoms with Crippen molar-refractivity contribution in [3.05, 3.63) is 35.2 Å². The van der Waals surface area contributed by atoms with Crippen LogP contribution in [0.15, 0.2) is 18.2 Å². The molecule has 1 rings (SSSR count). The number of hydrogen-bond acceptors (Lipinski definition) is 2. The Balaban J connectivity index is 3.20. The molecule has 0 saturated heterocycles. The van der Waals surface area contributed by atoms with Crippen LogP contribution in [0.1, 0.15) is 25.0 Å². The maximum Gasteiger partial charge on any atom is 0.140 e. The maximum absolute atomic E-state index is 12.6. The van der Waals surface area contributed by atoms with Gasteiger partial charge >= 0.3 is 0 Å². The summed E-state index contributed by atoms with van der Waals surface area (Å²) in [7, 11) is 0. The molecule has 79 valence electrons. The molecule has 0 aliphatic heterocycles. The quantitative estimate of drug-likeness (QED) is 0.758. The van der Waals surface area contributed by atoms with Crippen molar-refractivity contribution in [1.82, 2.24) is 0 Å². The van der Waals surface area contributed by atoms with Gasteiger partial charge in [-0.05, 0) is 13.0 Å². The lowest BCUT2D eigenvalue weighted by molar-refractivity contribution is 0.335. The van der Waals surface area contributed by atoms with Gasteiger partial charge in [0, 0.05) is 11.5 Å². The van der Waals surface area contributed by atoms with Gasteiger partial charge < -0.3 is 4.74 Å². The van der Waals surface area contributed by atoms with Crippen molar-refractivity contribution in [3.8, 4) is 11.8 Å². The van der Waals surface area contributed by atoms with Crippen molar-refractivity contribution in [1.29, 1.82) is 5.26 Å². The fraction of sp³-hybridized carbons (Fsp3) is 0.333. The third-order valence-corrected chi connectivity index (χ3v) is 2.08. The van der Waals surface area contributed by atoms with Gasteiger partial charge in [-0.1, -0.05) is 19.1 Å². The highest BCUT2D eigenvalue weighted by Crippen LogP contribution is 2.29. The summed E-state index contributed by atoms with van der Waals surface area (Å²) in [5, 5.41) is 8.89. The minimum Gasteiger partial charge on any atom is -0.492 e. The third kappa shape index (κ3) is 2.47. The molecule has 0 N–H and O–H groups in total. The number of rotatable bonds is 4. The summed E-state index contributed by atoms with van der Waals surface area (Å²) in [6.45, 7) is 3.46. The molecule has 15 heavy (non-hydrogen) atoms. The van der Waals surface area contributed by atoms with Crippen LogP contribution in [0.5, 0.6) is 5.75 Å². The molecule has 0 amide bonds. The Morgan fingerprint density at radius 1 is 1.53 bits per heavy atom. The van der Waals surface area contributed by atoms with Crippen LogP contribution >= 0.6 is 0 Å². The number of benzene rings is 1. The van der Waals surface area contributed by atoms with E-state index in [-0.39, 0.29) is 0 Å². The smallest absolute Gasteiger partial charge is 0.140 e. The molecule has 0 aliphatic carbocycles. The van der Waals surface area contributed by atoms with Gasteiger partial charge in [0.15, 0.2) is 0 Å². The Bertz CT molecular complexity index is 370. The van der Waals surface area contributed by atoms with Crippen molar-refractivity contribution >= 4 is 0 Å². The van der Waals surface area contributed by atoms with Crippen molar-refractivity contribution in [2.24, 2.45) is 0 Å². The second-order valence-corrected chi connectivity index (χ2v) is 3.14. The zero-order valence-electron chi connectivity index (χ0n) is 8.88. The standard InChI is InChI=1S/C12H13FNO/c1-3-15-12-10(8-14)5-4-6-11(12)9(2)7-13/h4-6H,3,7H2,1-2H3. The molecular formula is C12H13FNO. The van der Waals surface area contributed by atoms with Crippen LogP contribution in [0.2, 0.25) is 0 Å². The van der Waals surface area contributed by atoms with Crippen LogP contribution in [-0.2, 0) is 0 Å². The highest BCUT2D eigenvalue weighted by Gasteiger charge is 2.15. The molecule has 0 saturated carbocycles. The minimum absolute atomic E-state index is 0.446. The molecule has 0 unspecified atom stereocenters. The van der Waals surface area contributed by atoms with Gasteiger partial charge in [0.2, 0.25) is 0 Å². The van der Waals surface area contributed by atoms with E-state index in [0.29, 0.717) is 29.4 Å². The molecular weight excluding hydrogens is 193 g/mol. The van der Waals surface area contributed by atoms with Gasteiger partial charge in [0.1, 0.15) is 11.8 Å². The Kier molecular flexibility index (Phi) is 4.11. The van der Waals surface area contributed by atoms with Crippen LogP contribution < -0.4 is 4.74 Å². The Morgan fingerprint density at radius 3 is 2.80 bits per heavy atom. The summed E-state index contributed by atoms with van der Waals surface area (Å²) >= 11 is 0. The molecule has 0 heterocycles. The van der Waals surface area contributed by atoms with Crippen molar-refractivity contribution < 1.29 is 9.13 Å². The highest BCUT2D eigenvalue weighted by molar-refractivity contribution is 5.53. The van der Waals surface area contributed by atoms with Crippen molar-refractivity contribution in [2.75, 3.05) is 13.3 Å². The van der Waals surface area contributed by atoms with E-state index in [2.05, 4.69) is 0 Å². The average Bonchev–Trinajstić information content (AvgIpc) is 2.28. The highest BCUT2D eigenvalue weighted by atomic mass is 19.1. The molecule has 0 atom stereocenters. The molecule has 2 nitrogen and oxygen atoms in total. The molecule has 1 aromatic rings. The summed E-state index contributed by atoms with van der Waals surface area (Å²) in [6.07, 6.45) is 0. The topological polar surface area (TPSA) is 33.0 Å². The lowest BCUT2D eigenvalue weighted by Gasteiger charge is -2.14. The van der Waals surface area contributed by atoms with Crippen LogP contribution in [0.25, 0.3) is 0 Å². The zero-order chi connectivity index (χ0) is 11.3. The van der Waals surface area contributed by atoms with Crippen LogP contribution in [-0.4, -0.2) is 13.3 Å². The number of halogens is 1. The fourth-order valence-corrected chi connectivity index (χ4v) is 1.33. The second-order valence-electron chi connectivity index (χ2n) is 3.14. The summed E-state index contributed by atoms with van der Waals surface area (Å²) in [5.41, 5.74) is 1.13. The molecule has 0 aliphatic rings. The largest absolute Gasteiger partial charge is 0.492 e. The SMILES string of the molecule is CCOc1c(C#N)cccc1[C](C)CF. The van der Waals surface area contributed by atoms with E-state index < -0.39 is 6.67 Å². The Morgan fingerprint density at radius 2 is 2.27 bits per heavy atom. The molecule has 0 bridgehead atoms. The first-order chi connectivity index (χ1) is 7.24. The maximum atomic E-state index is 12.6. The van der Waals surface area contributed by atoms with Gasteiger partial charge in [-0.25, -0.2) is 0 Å². The molecule has 3 heteroatoms. The van der Waals surface area contributed by atoms with E-state index in [1.807, 2.05) is 13.0 Å². The predicted octanol–water partition coefficient (Wildman–Crippen LogP) is 2.87. The molecule has 0 spiro atoms. The number of nitriles is 1. The van der Waals surface area contributed by atoms with E-state index in [1.165, 1.54) is 0 Å². The van der Waals surface area contributed by atoms with E-state index in [1.54, 1.807) is 25.1 Å². The Labute approximate surface area is 89.3 Å². The zero-order valence-corrected chi connectivity index (χ0v) is 8.88. The fourth-order valence-electron chi connectivity index (χ4n) is 1.33. The lowest BCUT2D eigenvalue weighted by Crippen LogP contribution is -2.04. The first-order valence-corrected chi connectivity index (χ1v) is 4.79. The monoisotopic (exact) mass is 206 g/mol. The van der Waals surface area contributed by atoms with Gasteiger partial charge in [-0.15, -0.1) is 0 Å². The predicted molar refractivity (Wildman–Crippen MR) is 56.3 cm³/mol. The summed E-state index contributed by atoms with van der Waals surface area (Å²) in [6, 6.07) is 7.20. The van der Waals surface area contributed by atoms with Gasteiger partial charge in [-0.2, -0.15) is 5.26 Å². The second kappa shape index (κ2) is 5.35. The van der Waals surface area contributed by atoms with Crippen molar-refractivity contribution in [3.63, 3.8) is 0 Å². The summed E-state index contributed by atoms with van der Waals surface area (Å²) < 4.78 is 17.9. The minimum atomic E-state index is -0.533. The van der Waals surface area contributed by atoms with Crippen LogP contribution in [0.3, 0.4) is 0 Å². The van der Waals surface area contributed by atoms with Crippen molar-refractivity contribution in [2.45, 2.75) is 13.8 Å². The molecule has 0 fully saturated rings. The average molecular weight is 206 g/mol. The van der Waals surface area contributed by atoms with Gasteiger partial charge in [0.25, 0.3) is 0 Å². The molecule has 1 radical (unpaired) electrons. The van der Waals surface area contributed by atoms with Gasteiger partial charge in [-0.3, -0.25) is 4.39 Å². The first-order valence-electron chi connectivity index (χ1n) is 4.79. The van der Waals surface area contributed by atoms with Gasteiger partial charge in [0.05, 0.1) is 18.8 Å². The Hall–Kier alpha value is -1.56. The summed E-state index contributed by atoms with van der Waals surface area (Å²) in [5.74, 6) is 1.06. The van der Waals surface area contributed by atoms with Crippen LogP contribution in [0.4, 0.5) is 4.39 Å². The normalized spacial score (nSPS) is 10.1. The lowest BCUT2D eigenvalue weighted by atomic mass is 9.99. The molecule has 1 aromatic carbocycles. The van der Waals surface area contributed by atoms with E-state index in [9.17, 15) is 4.39 Å². The summed E-state index contributed by atoms with van der Waals surface area (Å²) in [4.78, 5) is 0. The van der Waals surface area contributed by atoms with E-state index >= 15 is 0 Å². The number of alkyl halides is 1. The van der Waals surface area contributed by atoms with E-state index in [0.717, 1.165) is 0 Å². The van der Waals surface area contributed by atoms with E-state index in [4.69, 9.17) is 10.00 Å². The third-order valence-electron chi connectivity index (χ3n) is 2.08. The number of nitrogens with zero attached hydrogens (tertiary/aromatic N) is 1. The first kappa shape index (κ1) is 11.5. The number of hydrogen-bond donors (Lipinski definition) is 0. The van der Waals surface area contributed by atoms with Crippen LogP contribution in [0, 0.1) is 17.2 Å².